The third-order valence-electron chi connectivity index (χ3n) is 4.49. The van der Waals surface area contributed by atoms with Gasteiger partial charge in [0.15, 0.2) is 5.96 Å². The number of benzene rings is 1. The second-order valence-electron chi connectivity index (χ2n) is 6.06. The first-order chi connectivity index (χ1) is 11.7. The first kappa shape index (κ1) is 16.5. The molecule has 3 atom stereocenters. The van der Waals surface area contributed by atoms with Crippen LogP contribution < -0.4 is 16.0 Å². The molecule has 8 nitrogen and oxygen atoms in total. The van der Waals surface area contributed by atoms with Crippen LogP contribution in [-0.2, 0) is 4.74 Å². The summed E-state index contributed by atoms with van der Waals surface area (Å²) in [5.74, 6) is 0.737. The Bertz CT molecular complexity index is 621. The van der Waals surface area contributed by atoms with E-state index in [0.717, 1.165) is 25.2 Å². The molecule has 0 saturated carbocycles. The number of anilines is 1. The number of hydrogen-bond acceptors (Lipinski definition) is 5. The Morgan fingerprint density at radius 2 is 2.21 bits per heavy atom. The molecule has 2 aliphatic heterocycles. The van der Waals surface area contributed by atoms with Gasteiger partial charge in [-0.25, -0.2) is 0 Å². The van der Waals surface area contributed by atoms with Gasteiger partial charge in [0.2, 0.25) is 0 Å². The van der Waals surface area contributed by atoms with E-state index in [0.29, 0.717) is 37.0 Å². The molecule has 0 radical (unpaired) electrons. The van der Waals surface area contributed by atoms with Crippen molar-refractivity contribution >= 4 is 17.3 Å². The molecule has 130 valence electrons. The van der Waals surface area contributed by atoms with Gasteiger partial charge in [-0.2, -0.15) is 0 Å². The summed E-state index contributed by atoms with van der Waals surface area (Å²) in [4.78, 5) is 14.8. The highest BCUT2D eigenvalue weighted by Gasteiger charge is 2.41. The molecule has 0 amide bonds. The van der Waals surface area contributed by atoms with Crippen molar-refractivity contribution < 1.29 is 9.66 Å². The molecule has 1 aromatic carbocycles. The van der Waals surface area contributed by atoms with E-state index in [1.807, 2.05) is 0 Å². The molecule has 1 aromatic rings. The predicted molar refractivity (Wildman–Crippen MR) is 92.4 cm³/mol. The van der Waals surface area contributed by atoms with Crippen molar-refractivity contribution in [1.29, 1.82) is 0 Å². The highest BCUT2D eigenvalue weighted by molar-refractivity contribution is 5.80. The average Bonchev–Trinajstić information content (AvgIpc) is 3.20. The number of nitro benzene ring substituents is 1. The first-order valence-electron chi connectivity index (χ1n) is 8.27. The van der Waals surface area contributed by atoms with Gasteiger partial charge in [0.25, 0.3) is 5.69 Å². The van der Waals surface area contributed by atoms with Crippen LogP contribution in [0.2, 0.25) is 0 Å². The van der Waals surface area contributed by atoms with Gasteiger partial charge in [-0.05, 0) is 25.3 Å². The van der Waals surface area contributed by atoms with Gasteiger partial charge >= 0.3 is 0 Å². The summed E-state index contributed by atoms with van der Waals surface area (Å²) in [7, 11) is 1.73. The number of nitrogens with one attached hydrogen (secondary N) is 3. The maximum atomic E-state index is 11.0. The molecule has 24 heavy (non-hydrogen) atoms. The van der Waals surface area contributed by atoms with Crippen molar-refractivity contribution in [3.05, 3.63) is 34.4 Å². The fourth-order valence-corrected chi connectivity index (χ4v) is 3.32. The summed E-state index contributed by atoms with van der Waals surface area (Å²) in [5, 5.41) is 20.7. The Morgan fingerprint density at radius 1 is 1.38 bits per heavy atom. The second-order valence-corrected chi connectivity index (χ2v) is 6.06. The summed E-state index contributed by atoms with van der Waals surface area (Å²) < 4.78 is 5.83. The molecule has 8 heteroatoms. The smallest absolute Gasteiger partial charge is 0.292 e. The van der Waals surface area contributed by atoms with E-state index in [1.54, 1.807) is 25.2 Å². The van der Waals surface area contributed by atoms with Gasteiger partial charge in [-0.3, -0.25) is 15.1 Å². The number of para-hydroxylation sites is 2. The molecule has 2 heterocycles. The number of aliphatic imine (C=N–C) groups is 1. The summed E-state index contributed by atoms with van der Waals surface area (Å²) in [6.07, 6.45) is 3.98. The quantitative estimate of drug-likeness (QED) is 0.240. The zero-order chi connectivity index (χ0) is 16.9. The van der Waals surface area contributed by atoms with Crippen LogP contribution in [0.5, 0.6) is 0 Å². The van der Waals surface area contributed by atoms with E-state index in [4.69, 9.17) is 4.74 Å². The van der Waals surface area contributed by atoms with Crippen LogP contribution >= 0.6 is 0 Å². The standard InChI is InChI=1S/C16H23N5O3/c1-17-16(20-13-10-11-6-7-15(13)24-11)19-9-8-18-12-4-2-3-5-14(12)21(22)23/h2-5,11,13,15,18H,6-10H2,1H3,(H2,17,19,20). The summed E-state index contributed by atoms with van der Waals surface area (Å²) in [6, 6.07) is 6.95. The zero-order valence-corrected chi connectivity index (χ0v) is 13.7. The van der Waals surface area contributed by atoms with Crippen molar-refractivity contribution in [2.75, 3.05) is 25.5 Å². The van der Waals surface area contributed by atoms with E-state index >= 15 is 0 Å². The molecular formula is C16H23N5O3. The largest absolute Gasteiger partial charge is 0.378 e. The molecule has 3 rings (SSSR count). The van der Waals surface area contributed by atoms with Crippen LogP contribution in [0, 0.1) is 10.1 Å². The number of fused-ring (bicyclic) bond motifs is 2. The van der Waals surface area contributed by atoms with Crippen molar-refractivity contribution in [2.24, 2.45) is 4.99 Å². The zero-order valence-electron chi connectivity index (χ0n) is 13.7. The van der Waals surface area contributed by atoms with Crippen LogP contribution in [0.15, 0.2) is 29.3 Å². The fraction of sp³-hybridized carbons (Fsp3) is 0.562. The van der Waals surface area contributed by atoms with E-state index in [2.05, 4.69) is 20.9 Å². The predicted octanol–water partition coefficient (Wildman–Crippen LogP) is 1.49. The Balaban J connectivity index is 1.43. The van der Waals surface area contributed by atoms with Gasteiger partial charge < -0.3 is 20.7 Å². The summed E-state index contributed by atoms with van der Waals surface area (Å²) in [6.45, 7) is 1.16. The van der Waals surface area contributed by atoms with E-state index in [9.17, 15) is 10.1 Å². The number of hydrogen-bond donors (Lipinski definition) is 3. The van der Waals surface area contributed by atoms with Crippen LogP contribution in [-0.4, -0.2) is 49.3 Å². The molecule has 2 aliphatic rings. The molecule has 2 fully saturated rings. The number of guanidine groups is 1. The monoisotopic (exact) mass is 333 g/mol. The van der Waals surface area contributed by atoms with Crippen LogP contribution in [0.1, 0.15) is 19.3 Å². The lowest BCUT2D eigenvalue weighted by atomic mass is 9.96. The van der Waals surface area contributed by atoms with Gasteiger partial charge in [-0.15, -0.1) is 0 Å². The van der Waals surface area contributed by atoms with Gasteiger partial charge in [0, 0.05) is 26.2 Å². The highest BCUT2D eigenvalue weighted by Crippen LogP contribution is 2.34. The minimum Gasteiger partial charge on any atom is -0.378 e. The Hall–Kier alpha value is -2.35. The molecule has 3 unspecified atom stereocenters. The third-order valence-corrected chi connectivity index (χ3v) is 4.49. The van der Waals surface area contributed by atoms with Crippen LogP contribution in [0.25, 0.3) is 0 Å². The lowest BCUT2D eigenvalue weighted by Gasteiger charge is -2.22. The second kappa shape index (κ2) is 7.48. The number of nitrogens with zero attached hydrogens (tertiary/aromatic N) is 2. The topological polar surface area (TPSA) is 101 Å². The molecule has 3 N–H and O–H groups in total. The van der Waals surface area contributed by atoms with Gasteiger partial charge in [-0.1, -0.05) is 12.1 Å². The fourth-order valence-electron chi connectivity index (χ4n) is 3.32. The maximum Gasteiger partial charge on any atom is 0.292 e. The van der Waals surface area contributed by atoms with Gasteiger partial charge in [0.1, 0.15) is 5.69 Å². The Kier molecular flexibility index (Phi) is 5.14. The molecule has 0 aromatic heterocycles. The SMILES string of the molecule is CN=C(NCCNc1ccccc1[N+](=O)[O-])NC1CC2CCC1O2. The number of rotatable bonds is 6. The highest BCUT2D eigenvalue weighted by atomic mass is 16.6. The first-order valence-corrected chi connectivity index (χ1v) is 8.27. The Morgan fingerprint density at radius 3 is 2.88 bits per heavy atom. The maximum absolute atomic E-state index is 11.0. The average molecular weight is 333 g/mol. The summed E-state index contributed by atoms with van der Waals surface area (Å²) >= 11 is 0. The van der Waals surface area contributed by atoms with Crippen molar-refractivity contribution in [2.45, 2.75) is 37.5 Å². The minimum absolute atomic E-state index is 0.0825. The van der Waals surface area contributed by atoms with Crippen molar-refractivity contribution in [3.63, 3.8) is 0 Å². The molecular weight excluding hydrogens is 310 g/mol. The van der Waals surface area contributed by atoms with E-state index < -0.39 is 0 Å². The Labute approximate surface area is 140 Å². The van der Waals surface area contributed by atoms with Gasteiger partial charge in [0.05, 0.1) is 23.2 Å². The third kappa shape index (κ3) is 3.76. The van der Waals surface area contributed by atoms with Crippen LogP contribution in [0.4, 0.5) is 11.4 Å². The lowest BCUT2D eigenvalue weighted by Crippen LogP contribution is -2.48. The number of ether oxygens (including phenoxy) is 1. The van der Waals surface area contributed by atoms with Crippen LogP contribution in [0.3, 0.4) is 0 Å². The lowest BCUT2D eigenvalue weighted by molar-refractivity contribution is -0.384. The number of nitro groups is 1. The molecule has 2 bridgehead atoms. The normalized spacial score (nSPS) is 25.5. The molecule has 2 saturated heterocycles. The van der Waals surface area contributed by atoms with Crippen molar-refractivity contribution in [1.82, 2.24) is 10.6 Å². The summed E-state index contributed by atoms with van der Waals surface area (Å²) in [5.41, 5.74) is 0.605. The van der Waals surface area contributed by atoms with E-state index in [-0.39, 0.29) is 10.6 Å². The molecule has 0 aliphatic carbocycles. The van der Waals surface area contributed by atoms with E-state index in [1.165, 1.54) is 6.07 Å². The van der Waals surface area contributed by atoms with Crippen molar-refractivity contribution in [3.8, 4) is 0 Å². The minimum atomic E-state index is -0.384. The molecule has 0 spiro atoms.